The highest BCUT2D eigenvalue weighted by atomic mass is 127. The molecule has 1 N–H and O–H groups in total. The molecule has 1 fully saturated rings. The van der Waals surface area contributed by atoms with E-state index in [0.29, 0.717) is 13.0 Å². The summed E-state index contributed by atoms with van der Waals surface area (Å²) in [7, 11) is 0. The van der Waals surface area contributed by atoms with Gasteiger partial charge in [-0.3, -0.25) is 9.59 Å². The van der Waals surface area contributed by atoms with E-state index in [1.54, 1.807) is 4.90 Å². The lowest BCUT2D eigenvalue weighted by molar-refractivity contribution is -0.123. The number of halogens is 2. The first-order valence-corrected chi connectivity index (χ1v) is 6.97. The van der Waals surface area contributed by atoms with E-state index in [4.69, 9.17) is 0 Å². The second-order valence-corrected chi connectivity index (χ2v) is 5.69. The summed E-state index contributed by atoms with van der Waals surface area (Å²) in [5, 5.41) is 2.58. The molecule has 0 spiro atoms. The third kappa shape index (κ3) is 2.98. The highest BCUT2D eigenvalue weighted by Gasteiger charge is 2.21. The first-order chi connectivity index (χ1) is 8.08. The Morgan fingerprint density at radius 1 is 1.35 bits per heavy atom. The van der Waals surface area contributed by atoms with E-state index >= 15 is 0 Å². The first-order valence-electron chi connectivity index (χ1n) is 5.10. The zero-order chi connectivity index (χ0) is 12.4. The van der Waals surface area contributed by atoms with Crippen molar-refractivity contribution in [2.24, 2.45) is 0 Å². The van der Waals surface area contributed by atoms with E-state index in [0.717, 1.165) is 13.7 Å². The van der Waals surface area contributed by atoms with Crippen LogP contribution in [0.2, 0.25) is 0 Å². The highest BCUT2D eigenvalue weighted by Crippen LogP contribution is 2.25. The van der Waals surface area contributed by atoms with Crippen LogP contribution in [0.4, 0.5) is 5.69 Å². The van der Waals surface area contributed by atoms with E-state index in [1.165, 1.54) is 0 Å². The summed E-state index contributed by atoms with van der Waals surface area (Å²) in [5.74, 6) is -0.151. The van der Waals surface area contributed by atoms with E-state index in [-0.39, 0.29) is 18.4 Å². The summed E-state index contributed by atoms with van der Waals surface area (Å²) in [6.07, 6.45) is 0.346. The van der Waals surface area contributed by atoms with Crippen molar-refractivity contribution in [2.75, 3.05) is 18.0 Å². The predicted octanol–water partition coefficient (Wildman–Crippen LogP) is 1.91. The largest absolute Gasteiger partial charge is 0.347 e. The fourth-order valence-electron chi connectivity index (χ4n) is 1.62. The van der Waals surface area contributed by atoms with Crippen LogP contribution >= 0.6 is 38.5 Å². The van der Waals surface area contributed by atoms with Crippen LogP contribution in [0, 0.1) is 3.57 Å². The minimum atomic E-state index is -0.0762. The zero-order valence-corrected chi connectivity index (χ0v) is 12.6. The van der Waals surface area contributed by atoms with Crippen LogP contribution in [0.1, 0.15) is 6.42 Å². The van der Waals surface area contributed by atoms with Crippen LogP contribution in [0.25, 0.3) is 0 Å². The van der Waals surface area contributed by atoms with E-state index in [1.807, 2.05) is 18.2 Å². The van der Waals surface area contributed by atoms with Gasteiger partial charge in [-0.15, -0.1) is 0 Å². The summed E-state index contributed by atoms with van der Waals surface area (Å²) >= 11 is 5.62. The Kier molecular flexibility index (Phi) is 4.03. The number of nitrogens with one attached hydrogen (secondary N) is 1. The molecular weight excluding hydrogens is 399 g/mol. The summed E-state index contributed by atoms with van der Waals surface area (Å²) in [6.45, 7) is 0.508. The molecule has 0 saturated carbocycles. The molecule has 0 atom stereocenters. The second-order valence-electron chi connectivity index (χ2n) is 3.67. The number of carbonyl (C=O) groups is 2. The third-order valence-electron chi connectivity index (χ3n) is 2.52. The Balaban J connectivity index is 2.28. The smallest absolute Gasteiger partial charge is 0.246 e. The third-order valence-corrected chi connectivity index (χ3v) is 4.84. The van der Waals surface area contributed by atoms with Crippen molar-refractivity contribution >= 4 is 56.0 Å². The number of amides is 2. The Morgan fingerprint density at radius 3 is 2.82 bits per heavy atom. The van der Waals surface area contributed by atoms with Gasteiger partial charge in [-0.25, -0.2) is 0 Å². The summed E-state index contributed by atoms with van der Waals surface area (Å²) in [6, 6.07) is 5.71. The molecule has 6 heteroatoms. The first kappa shape index (κ1) is 12.8. The van der Waals surface area contributed by atoms with Crippen molar-refractivity contribution in [1.82, 2.24) is 5.32 Å². The average Bonchev–Trinajstić information content (AvgIpc) is 2.46. The number of rotatable bonds is 1. The normalized spacial score (nSPS) is 16.7. The number of benzene rings is 1. The van der Waals surface area contributed by atoms with Crippen LogP contribution in [0.3, 0.4) is 0 Å². The second kappa shape index (κ2) is 5.34. The van der Waals surface area contributed by atoms with E-state index < -0.39 is 0 Å². The molecule has 17 heavy (non-hydrogen) atoms. The van der Waals surface area contributed by atoms with Gasteiger partial charge in [0.2, 0.25) is 11.8 Å². The number of nitrogens with zero attached hydrogens (tertiary/aromatic N) is 1. The Hall–Kier alpha value is -0.630. The van der Waals surface area contributed by atoms with Crippen LogP contribution < -0.4 is 10.2 Å². The fraction of sp³-hybridized carbons (Fsp3) is 0.273. The Labute approximate surface area is 121 Å². The average molecular weight is 409 g/mol. The van der Waals surface area contributed by atoms with E-state index in [9.17, 15) is 9.59 Å². The quantitative estimate of drug-likeness (QED) is 0.721. The molecular formula is C11H10BrIN2O2. The van der Waals surface area contributed by atoms with Gasteiger partial charge >= 0.3 is 0 Å². The molecule has 0 bridgehead atoms. The van der Waals surface area contributed by atoms with Gasteiger partial charge in [-0.1, -0.05) is 0 Å². The van der Waals surface area contributed by atoms with Crippen LogP contribution in [0.5, 0.6) is 0 Å². The zero-order valence-electron chi connectivity index (χ0n) is 8.87. The van der Waals surface area contributed by atoms with Crippen LogP contribution in [-0.4, -0.2) is 24.9 Å². The molecule has 0 radical (unpaired) electrons. The van der Waals surface area contributed by atoms with Gasteiger partial charge in [-0.2, -0.15) is 0 Å². The monoisotopic (exact) mass is 408 g/mol. The van der Waals surface area contributed by atoms with Crippen molar-refractivity contribution in [3.63, 3.8) is 0 Å². The molecule has 1 aromatic rings. The topological polar surface area (TPSA) is 49.4 Å². The summed E-state index contributed by atoms with van der Waals surface area (Å²) in [4.78, 5) is 24.7. The predicted molar refractivity (Wildman–Crippen MR) is 76.8 cm³/mol. The van der Waals surface area contributed by atoms with Crippen molar-refractivity contribution < 1.29 is 9.59 Å². The van der Waals surface area contributed by atoms with Crippen molar-refractivity contribution in [2.45, 2.75) is 6.42 Å². The van der Waals surface area contributed by atoms with Gasteiger partial charge in [0.1, 0.15) is 0 Å². The molecule has 1 aliphatic heterocycles. The Morgan fingerprint density at radius 2 is 2.12 bits per heavy atom. The molecule has 2 amide bonds. The van der Waals surface area contributed by atoms with E-state index in [2.05, 4.69) is 43.8 Å². The van der Waals surface area contributed by atoms with Gasteiger partial charge in [0.25, 0.3) is 0 Å². The lowest BCUT2D eigenvalue weighted by Gasteiger charge is -2.20. The lowest BCUT2D eigenvalue weighted by atomic mass is 10.2. The van der Waals surface area contributed by atoms with Gasteiger partial charge in [-0.05, 0) is 56.7 Å². The number of anilines is 1. The standard InChI is InChI=1S/C11H10BrIN2O2/c12-8-2-1-7(5-9(8)13)15-4-3-10(16)14-6-11(15)17/h1-2,5H,3-4,6H2,(H,14,16). The van der Waals surface area contributed by atoms with Crippen molar-refractivity contribution in [3.8, 4) is 0 Å². The SMILES string of the molecule is O=C1CCN(c2ccc(Br)c(I)c2)C(=O)CN1. The van der Waals surface area contributed by atoms with Crippen molar-refractivity contribution in [3.05, 3.63) is 26.2 Å². The molecule has 1 heterocycles. The molecule has 1 aliphatic rings. The molecule has 1 saturated heterocycles. The number of hydrogen-bond donors (Lipinski definition) is 1. The summed E-state index contributed by atoms with van der Waals surface area (Å²) in [5.41, 5.74) is 0.833. The van der Waals surface area contributed by atoms with Gasteiger partial charge in [0.05, 0.1) is 6.54 Å². The molecule has 4 nitrogen and oxygen atoms in total. The maximum Gasteiger partial charge on any atom is 0.246 e. The Bertz CT molecular complexity index is 479. The van der Waals surface area contributed by atoms with Gasteiger partial charge in [0.15, 0.2) is 0 Å². The summed E-state index contributed by atoms with van der Waals surface area (Å²) < 4.78 is 2.04. The van der Waals surface area contributed by atoms with Crippen molar-refractivity contribution in [1.29, 1.82) is 0 Å². The molecule has 0 aliphatic carbocycles. The lowest BCUT2D eigenvalue weighted by Crippen LogP contribution is -2.35. The van der Waals surface area contributed by atoms with Gasteiger partial charge in [0, 0.05) is 26.7 Å². The van der Waals surface area contributed by atoms with Gasteiger partial charge < -0.3 is 10.2 Å². The molecule has 90 valence electrons. The van der Waals surface area contributed by atoms with Crippen LogP contribution in [0.15, 0.2) is 22.7 Å². The molecule has 0 aromatic heterocycles. The minimum Gasteiger partial charge on any atom is -0.347 e. The molecule has 2 rings (SSSR count). The molecule has 1 aromatic carbocycles. The maximum atomic E-state index is 11.9. The fourth-order valence-corrected chi connectivity index (χ4v) is 2.37. The highest BCUT2D eigenvalue weighted by molar-refractivity contribution is 14.1. The molecule has 0 unspecified atom stereocenters. The number of carbonyl (C=O) groups excluding carboxylic acids is 2. The maximum absolute atomic E-state index is 11.9. The minimum absolute atomic E-state index is 0.0749. The number of hydrogen-bond acceptors (Lipinski definition) is 2. The van der Waals surface area contributed by atoms with Crippen LogP contribution in [-0.2, 0) is 9.59 Å².